The molecule has 0 saturated carbocycles. The maximum atomic E-state index is 14.2. The molecule has 1 amide bonds. The molecule has 8 nitrogen and oxygen atoms in total. The minimum atomic E-state index is -3.68. The Bertz CT molecular complexity index is 1020. The Morgan fingerprint density at radius 1 is 1.15 bits per heavy atom. The van der Waals surface area contributed by atoms with Crippen LogP contribution >= 0.6 is 0 Å². The van der Waals surface area contributed by atoms with E-state index >= 15 is 0 Å². The molecule has 0 bridgehead atoms. The number of carbonyl (C=O) groups excluding carboxylic acids is 1. The number of rotatable bonds is 3. The van der Waals surface area contributed by atoms with Gasteiger partial charge >= 0.3 is 0 Å². The quantitative estimate of drug-likeness (QED) is 0.836. The first-order valence-corrected chi connectivity index (χ1v) is 9.95. The summed E-state index contributed by atoms with van der Waals surface area (Å²) in [5.41, 5.74) is 1.59. The summed E-state index contributed by atoms with van der Waals surface area (Å²) < 4.78 is 41.5. The van der Waals surface area contributed by atoms with Crippen LogP contribution < -0.4 is 10.2 Å². The van der Waals surface area contributed by atoms with E-state index in [0.717, 1.165) is 0 Å². The van der Waals surface area contributed by atoms with Gasteiger partial charge in [0.1, 0.15) is 6.33 Å². The van der Waals surface area contributed by atoms with Crippen LogP contribution in [0.5, 0.6) is 0 Å². The van der Waals surface area contributed by atoms with Gasteiger partial charge in [-0.05, 0) is 30.7 Å². The van der Waals surface area contributed by atoms with Gasteiger partial charge in [-0.2, -0.15) is 4.31 Å². The van der Waals surface area contributed by atoms with E-state index < -0.39 is 15.8 Å². The molecule has 27 heavy (non-hydrogen) atoms. The van der Waals surface area contributed by atoms with Crippen LogP contribution in [0, 0.1) is 12.7 Å². The molecule has 1 saturated heterocycles. The summed E-state index contributed by atoms with van der Waals surface area (Å²) in [6, 6.07) is 4.66. The summed E-state index contributed by atoms with van der Waals surface area (Å²) in [5.74, 6) is -0.429. The van der Waals surface area contributed by atoms with E-state index in [1.165, 1.54) is 16.7 Å². The molecular formula is C17H18FN5O3S. The van der Waals surface area contributed by atoms with Crippen LogP contribution in [0.2, 0.25) is 0 Å². The van der Waals surface area contributed by atoms with E-state index in [1.54, 1.807) is 24.0 Å². The average molecular weight is 391 g/mol. The number of fused-ring (bicyclic) bond motifs is 1. The van der Waals surface area contributed by atoms with E-state index in [4.69, 9.17) is 0 Å². The highest BCUT2D eigenvalue weighted by molar-refractivity contribution is 7.89. The molecule has 4 rings (SSSR count). The molecule has 2 aromatic rings. The standard InChI is InChI=1S/C17H18FN5O3S/c1-11-16(18)17(20-10-19-11)22-4-6-23(7-5-22)27(25,26)13-2-3-14-12(8-13)9-15(24)21-14/h2-3,8,10H,4-7,9H2,1H3,(H,21,24). The van der Waals surface area contributed by atoms with Crippen LogP contribution in [0.4, 0.5) is 15.9 Å². The van der Waals surface area contributed by atoms with E-state index in [0.29, 0.717) is 24.3 Å². The van der Waals surface area contributed by atoms with Crippen molar-refractivity contribution in [2.45, 2.75) is 18.2 Å². The van der Waals surface area contributed by atoms with Gasteiger partial charge in [0.2, 0.25) is 15.9 Å². The lowest BCUT2D eigenvalue weighted by Gasteiger charge is -2.34. The molecular weight excluding hydrogens is 373 g/mol. The molecule has 2 aliphatic heterocycles. The molecule has 10 heteroatoms. The second-order valence-corrected chi connectivity index (χ2v) is 8.47. The Labute approximate surface area is 156 Å². The fourth-order valence-electron chi connectivity index (χ4n) is 3.32. The number of anilines is 2. The third-order valence-corrected chi connectivity index (χ3v) is 6.72. The zero-order valence-electron chi connectivity index (χ0n) is 14.6. The molecule has 0 atom stereocenters. The summed E-state index contributed by atoms with van der Waals surface area (Å²) in [4.78, 5) is 21.2. The maximum Gasteiger partial charge on any atom is 0.243 e. The molecule has 3 heterocycles. The fraction of sp³-hybridized carbons (Fsp3) is 0.353. The van der Waals surface area contributed by atoms with Crippen LogP contribution in [0.15, 0.2) is 29.4 Å². The second-order valence-electron chi connectivity index (χ2n) is 6.53. The normalized spacial score (nSPS) is 17.7. The molecule has 0 aliphatic carbocycles. The zero-order valence-corrected chi connectivity index (χ0v) is 15.5. The van der Waals surface area contributed by atoms with E-state index in [1.807, 2.05) is 0 Å². The van der Waals surface area contributed by atoms with Gasteiger partial charge in [-0.3, -0.25) is 4.79 Å². The van der Waals surface area contributed by atoms with Gasteiger partial charge in [0.05, 0.1) is 17.0 Å². The average Bonchev–Trinajstić information content (AvgIpc) is 3.03. The molecule has 0 radical (unpaired) electrons. The van der Waals surface area contributed by atoms with Crippen molar-refractivity contribution in [2.24, 2.45) is 0 Å². The van der Waals surface area contributed by atoms with Crippen molar-refractivity contribution in [1.82, 2.24) is 14.3 Å². The largest absolute Gasteiger partial charge is 0.351 e. The summed E-state index contributed by atoms with van der Waals surface area (Å²) in [5, 5.41) is 2.69. The molecule has 1 aromatic heterocycles. The summed E-state index contributed by atoms with van der Waals surface area (Å²) in [6.45, 7) is 2.67. The van der Waals surface area contributed by atoms with Crippen molar-refractivity contribution < 1.29 is 17.6 Å². The van der Waals surface area contributed by atoms with Gasteiger partial charge in [0.15, 0.2) is 11.6 Å². The molecule has 0 spiro atoms. The second kappa shape index (κ2) is 6.54. The van der Waals surface area contributed by atoms with Crippen LogP contribution in [-0.2, 0) is 21.2 Å². The van der Waals surface area contributed by atoms with Gasteiger partial charge in [0, 0.05) is 31.9 Å². The van der Waals surface area contributed by atoms with Crippen molar-refractivity contribution in [2.75, 3.05) is 36.4 Å². The molecule has 142 valence electrons. The zero-order chi connectivity index (χ0) is 19.2. The van der Waals surface area contributed by atoms with Crippen molar-refractivity contribution in [3.63, 3.8) is 0 Å². The van der Waals surface area contributed by atoms with Crippen LogP contribution in [-0.4, -0.2) is 54.8 Å². The van der Waals surface area contributed by atoms with Gasteiger partial charge < -0.3 is 10.2 Å². The number of piperazine rings is 1. The number of aromatic nitrogens is 2. The van der Waals surface area contributed by atoms with E-state index in [-0.39, 0.29) is 41.8 Å². The van der Waals surface area contributed by atoms with Gasteiger partial charge in [-0.1, -0.05) is 0 Å². The van der Waals surface area contributed by atoms with Gasteiger partial charge in [-0.25, -0.2) is 22.8 Å². The summed E-state index contributed by atoms with van der Waals surface area (Å²) in [6.07, 6.45) is 1.48. The van der Waals surface area contributed by atoms with Crippen molar-refractivity contribution in [3.05, 3.63) is 41.6 Å². The van der Waals surface area contributed by atoms with Crippen molar-refractivity contribution >= 4 is 27.4 Å². The fourth-order valence-corrected chi connectivity index (χ4v) is 4.79. The molecule has 0 unspecified atom stereocenters. The highest BCUT2D eigenvalue weighted by Crippen LogP contribution is 2.28. The minimum absolute atomic E-state index is 0.143. The molecule has 1 N–H and O–H groups in total. The smallest absolute Gasteiger partial charge is 0.243 e. The highest BCUT2D eigenvalue weighted by atomic mass is 32.2. The van der Waals surface area contributed by atoms with Crippen LogP contribution in [0.3, 0.4) is 0 Å². The Morgan fingerprint density at radius 3 is 2.63 bits per heavy atom. The number of hydrogen-bond donors (Lipinski definition) is 1. The predicted octanol–water partition coefficient (Wildman–Crippen LogP) is 0.930. The molecule has 2 aliphatic rings. The Balaban J connectivity index is 1.51. The lowest BCUT2D eigenvalue weighted by Crippen LogP contribution is -2.49. The number of sulfonamides is 1. The van der Waals surface area contributed by atoms with Gasteiger partial charge in [-0.15, -0.1) is 0 Å². The van der Waals surface area contributed by atoms with E-state index in [9.17, 15) is 17.6 Å². The van der Waals surface area contributed by atoms with Crippen molar-refractivity contribution in [3.8, 4) is 0 Å². The topological polar surface area (TPSA) is 95.5 Å². The van der Waals surface area contributed by atoms with E-state index in [2.05, 4.69) is 15.3 Å². The lowest BCUT2D eigenvalue weighted by atomic mass is 10.2. The number of aryl methyl sites for hydroxylation is 1. The Kier molecular flexibility index (Phi) is 4.31. The molecule has 1 aromatic carbocycles. The van der Waals surface area contributed by atoms with Crippen LogP contribution in [0.1, 0.15) is 11.3 Å². The summed E-state index contributed by atoms with van der Waals surface area (Å²) in [7, 11) is -3.68. The number of carbonyl (C=O) groups is 1. The van der Waals surface area contributed by atoms with Gasteiger partial charge in [0.25, 0.3) is 0 Å². The monoisotopic (exact) mass is 391 g/mol. The molecule has 1 fully saturated rings. The first kappa shape index (κ1) is 17.8. The predicted molar refractivity (Wildman–Crippen MR) is 96.5 cm³/mol. The third-order valence-electron chi connectivity index (χ3n) is 4.82. The number of nitrogens with zero attached hydrogens (tertiary/aromatic N) is 4. The first-order valence-electron chi connectivity index (χ1n) is 8.51. The van der Waals surface area contributed by atoms with Crippen LogP contribution in [0.25, 0.3) is 0 Å². The lowest BCUT2D eigenvalue weighted by molar-refractivity contribution is -0.115. The number of amides is 1. The summed E-state index contributed by atoms with van der Waals surface area (Å²) >= 11 is 0. The number of nitrogens with one attached hydrogen (secondary N) is 1. The SMILES string of the molecule is Cc1ncnc(N2CCN(S(=O)(=O)c3ccc4c(c3)CC(=O)N4)CC2)c1F. The third kappa shape index (κ3) is 3.15. The van der Waals surface area contributed by atoms with Crippen molar-refractivity contribution in [1.29, 1.82) is 0 Å². The maximum absolute atomic E-state index is 14.2. The Hall–Kier alpha value is -2.59. The number of hydrogen-bond acceptors (Lipinski definition) is 6. The Morgan fingerprint density at radius 2 is 1.89 bits per heavy atom. The highest BCUT2D eigenvalue weighted by Gasteiger charge is 2.31. The first-order chi connectivity index (χ1) is 12.9. The minimum Gasteiger partial charge on any atom is -0.351 e. The number of benzene rings is 1. The number of halogens is 1.